The standard InChI is InChI=1S/C19H28N2O2/c1-23-17-10-8-16(9-11-17)18-5-3-2-4-12-21(18)19(22)14-20-13-15-6-7-15/h8-11,15,18,20H,2-7,12-14H2,1H3. The molecule has 1 saturated carbocycles. The maximum atomic E-state index is 12.7. The van der Waals surface area contributed by atoms with Crippen molar-refractivity contribution in [2.75, 3.05) is 26.7 Å². The second-order valence-electron chi connectivity index (χ2n) is 6.80. The molecule has 3 rings (SSSR count). The van der Waals surface area contributed by atoms with E-state index in [4.69, 9.17) is 4.74 Å². The van der Waals surface area contributed by atoms with Crippen molar-refractivity contribution in [3.05, 3.63) is 29.8 Å². The van der Waals surface area contributed by atoms with Crippen molar-refractivity contribution >= 4 is 5.91 Å². The molecule has 1 aliphatic heterocycles. The molecule has 126 valence electrons. The third kappa shape index (κ3) is 4.47. The Kier molecular flexibility index (Phi) is 5.55. The summed E-state index contributed by atoms with van der Waals surface area (Å²) in [5.74, 6) is 1.92. The molecule has 4 nitrogen and oxygen atoms in total. The maximum Gasteiger partial charge on any atom is 0.237 e. The van der Waals surface area contributed by atoms with E-state index in [-0.39, 0.29) is 11.9 Å². The van der Waals surface area contributed by atoms with E-state index in [1.807, 2.05) is 12.1 Å². The zero-order valence-electron chi connectivity index (χ0n) is 14.1. The minimum Gasteiger partial charge on any atom is -0.497 e. The van der Waals surface area contributed by atoms with Crippen LogP contribution >= 0.6 is 0 Å². The van der Waals surface area contributed by atoms with Crippen molar-refractivity contribution in [3.8, 4) is 5.75 Å². The molecular weight excluding hydrogens is 288 g/mol. The number of carbonyl (C=O) groups excluding carboxylic acids is 1. The Hall–Kier alpha value is -1.55. The first-order chi connectivity index (χ1) is 11.3. The lowest BCUT2D eigenvalue weighted by molar-refractivity contribution is -0.132. The lowest BCUT2D eigenvalue weighted by Gasteiger charge is -2.31. The molecule has 1 aromatic rings. The number of hydrogen-bond acceptors (Lipinski definition) is 3. The highest BCUT2D eigenvalue weighted by atomic mass is 16.5. The number of ether oxygens (including phenoxy) is 1. The first-order valence-corrected chi connectivity index (χ1v) is 8.92. The van der Waals surface area contributed by atoms with Gasteiger partial charge < -0.3 is 15.0 Å². The van der Waals surface area contributed by atoms with E-state index in [0.717, 1.165) is 37.6 Å². The van der Waals surface area contributed by atoms with Crippen LogP contribution in [0.3, 0.4) is 0 Å². The molecule has 0 bridgehead atoms. The van der Waals surface area contributed by atoms with E-state index in [0.29, 0.717) is 6.54 Å². The Bertz CT molecular complexity index is 511. The Labute approximate surface area is 139 Å². The highest BCUT2D eigenvalue weighted by Gasteiger charge is 2.27. The molecule has 1 aliphatic carbocycles. The molecule has 2 fully saturated rings. The summed E-state index contributed by atoms with van der Waals surface area (Å²) in [6.45, 7) is 2.34. The number of rotatable bonds is 6. The van der Waals surface area contributed by atoms with Gasteiger partial charge >= 0.3 is 0 Å². The third-order valence-corrected chi connectivity index (χ3v) is 4.98. The van der Waals surface area contributed by atoms with Crippen LogP contribution in [0.4, 0.5) is 0 Å². The maximum absolute atomic E-state index is 12.7. The second kappa shape index (κ2) is 7.82. The minimum absolute atomic E-state index is 0.207. The summed E-state index contributed by atoms with van der Waals surface area (Å²) in [6.07, 6.45) is 7.21. The van der Waals surface area contributed by atoms with Gasteiger partial charge in [-0.2, -0.15) is 0 Å². The van der Waals surface area contributed by atoms with E-state index in [2.05, 4.69) is 22.3 Å². The van der Waals surface area contributed by atoms with Crippen molar-refractivity contribution in [2.45, 2.75) is 44.6 Å². The quantitative estimate of drug-likeness (QED) is 0.876. The fraction of sp³-hybridized carbons (Fsp3) is 0.632. The first-order valence-electron chi connectivity index (χ1n) is 8.92. The molecule has 1 saturated heterocycles. The van der Waals surface area contributed by atoms with Gasteiger partial charge in [0, 0.05) is 6.54 Å². The number of amides is 1. The molecule has 1 N–H and O–H groups in total. The van der Waals surface area contributed by atoms with Gasteiger partial charge in [-0.3, -0.25) is 4.79 Å². The van der Waals surface area contributed by atoms with Crippen LogP contribution in [0.5, 0.6) is 5.75 Å². The molecule has 23 heavy (non-hydrogen) atoms. The van der Waals surface area contributed by atoms with Gasteiger partial charge in [-0.1, -0.05) is 25.0 Å². The Morgan fingerprint density at radius 3 is 2.65 bits per heavy atom. The predicted octanol–water partition coefficient (Wildman–Crippen LogP) is 3.14. The number of nitrogens with one attached hydrogen (secondary N) is 1. The molecule has 2 aliphatic rings. The van der Waals surface area contributed by atoms with Gasteiger partial charge in [-0.15, -0.1) is 0 Å². The van der Waals surface area contributed by atoms with Crippen LogP contribution in [-0.4, -0.2) is 37.6 Å². The number of hydrogen-bond donors (Lipinski definition) is 1. The average Bonchev–Trinajstić information content (AvgIpc) is 3.41. The molecule has 1 atom stereocenters. The fourth-order valence-corrected chi connectivity index (χ4v) is 3.39. The van der Waals surface area contributed by atoms with Crippen molar-refractivity contribution < 1.29 is 9.53 Å². The lowest BCUT2D eigenvalue weighted by Crippen LogP contribution is -2.41. The Balaban J connectivity index is 1.66. The van der Waals surface area contributed by atoms with E-state index in [9.17, 15) is 4.79 Å². The number of nitrogens with zero attached hydrogens (tertiary/aromatic N) is 1. The largest absolute Gasteiger partial charge is 0.497 e. The molecule has 0 spiro atoms. The molecular formula is C19H28N2O2. The van der Waals surface area contributed by atoms with E-state index < -0.39 is 0 Å². The van der Waals surface area contributed by atoms with Crippen LogP contribution in [0.15, 0.2) is 24.3 Å². The minimum atomic E-state index is 0.207. The molecule has 1 amide bonds. The predicted molar refractivity (Wildman–Crippen MR) is 91.5 cm³/mol. The number of carbonyl (C=O) groups is 1. The zero-order valence-corrected chi connectivity index (χ0v) is 14.1. The van der Waals surface area contributed by atoms with Gasteiger partial charge in [-0.25, -0.2) is 0 Å². The van der Waals surface area contributed by atoms with Gasteiger partial charge in [0.2, 0.25) is 5.91 Å². The normalized spacial score (nSPS) is 21.8. The van der Waals surface area contributed by atoms with E-state index >= 15 is 0 Å². The zero-order chi connectivity index (χ0) is 16.1. The molecule has 1 aromatic carbocycles. The van der Waals surface area contributed by atoms with Crippen LogP contribution in [0, 0.1) is 5.92 Å². The van der Waals surface area contributed by atoms with Crippen LogP contribution in [-0.2, 0) is 4.79 Å². The van der Waals surface area contributed by atoms with E-state index in [1.165, 1.54) is 31.2 Å². The van der Waals surface area contributed by atoms with Crippen LogP contribution in [0.25, 0.3) is 0 Å². The SMILES string of the molecule is COc1ccc(C2CCCCCN2C(=O)CNCC2CC2)cc1. The van der Waals surface area contributed by atoms with Gasteiger partial charge in [0.05, 0.1) is 19.7 Å². The molecule has 4 heteroatoms. The average molecular weight is 316 g/mol. The molecule has 1 unspecified atom stereocenters. The number of likely N-dealkylation sites (tertiary alicyclic amines) is 1. The monoisotopic (exact) mass is 316 g/mol. The van der Waals surface area contributed by atoms with Gasteiger partial charge in [-0.05, 0) is 55.8 Å². The summed E-state index contributed by atoms with van der Waals surface area (Å²) in [6, 6.07) is 8.40. The van der Waals surface area contributed by atoms with Crippen molar-refractivity contribution in [1.29, 1.82) is 0 Å². The van der Waals surface area contributed by atoms with Crippen LogP contribution < -0.4 is 10.1 Å². The van der Waals surface area contributed by atoms with Gasteiger partial charge in [0.1, 0.15) is 5.75 Å². The van der Waals surface area contributed by atoms with Crippen molar-refractivity contribution in [2.24, 2.45) is 5.92 Å². The second-order valence-corrected chi connectivity index (χ2v) is 6.80. The van der Waals surface area contributed by atoms with Gasteiger partial charge in [0.15, 0.2) is 0 Å². The highest BCUT2D eigenvalue weighted by molar-refractivity contribution is 5.78. The molecule has 0 radical (unpaired) electrons. The van der Waals surface area contributed by atoms with E-state index in [1.54, 1.807) is 7.11 Å². The summed E-state index contributed by atoms with van der Waals surface area (Å²) < 4.78 is 5.25. The number of benzene rings is 1. The summed E-state index contributed by atoms with van der Waals surface area (Å²) in [7, 11) is 1.68. The van der Waals surface area contributed by atoms with Crippen molar-refractivity contribution in [1.82, 2.24) is 10.2 Å². The van der Waals surface area contributed by atoms with Crippen LogP contribution in [0.1, 0.15) is 50.1 Å². The van der Waals surface area contributed by atoms with Gasteiger partial charge in [0.25, 0.3) is 0 Å². The lowest BCUT2D eigenvalue weighted by atomic mass is 10.0. The van der Waals surface area contributed by atoms with Crippen molar-refractivity contribution in [3.63, 3.8) is 0 Å². The molecule has 0 aromatic heterocycles. The van der Waals surface area contributed by atoms with Crippen LogP contribution in [0.2, 0.25) is 0 Å². The summed E-state index contributed by atoms with van der Waals surface area (Å²) in [5.41, 5.74) is 1.23. The Morgan fingerprint density at radius 2 is 1.96 bits per heavy atom. The third-order valence-electron chi connectivity index (χ3n) is 4.98. The summed E-state index contributed by atoms with van der Waals surface area (Å²) >= 11 is 0. The Morgan fingerprint density at radius 1 is 1.17 bits per heavy atom. The topological polar surface area (TPSA) is 41.6 Å². The molecule has 1 heterocycles. The summed E-state index contributed by atoms with van der Waals surface area (Å²) in [4.78, 5) is 14.8. The first kappa shape index (κ1) is 16.3. The number of methoxy groups -OCH3 is 1. The smallest absolute Gasteiger partial charge is 0.237 e. The summed E-state index contributed by atoms with van der Waals surface area (Å²) in [5, 5.41) is 3.34. The fourth-order valence-electron chi connectivity index (χ4n) is 3.39. The highest BCUT2D eigenvalue weighted by Crippen LogP contribution is 2.31.